The van der Waals surface area contributed by atoms with Gasteiger partial charge in [0, 0.05) is 25.7 Å². The first-order valence-corrected chi connectivity index (χ1v) is 10.6. The number of para-hydroxylation sites is 2. The number of aromatic nitrogens is 2. The predicted octanol–water partition coefficient (Wildman–Crippen LogP) is 1.62. The third-order valence-corrected chi connectivity index (χ3v) is 6.29. The molecule has 8 nitrogen and oxygen atoms in total. The molecule has 2 aliphatic heterocycles. The monoisotopic (exact) mass is 420 g/mol. The Kier molecular flexibility index (Phi) is 4.95. The first-order valence-electron chi connectivity index (χ1n) is 10.6. The van der Waals surface area contributed by atoms with Gasteiger partial charge in [-0.25, -0.2) is 4.79 Å². The largest absolute Gasteiger partial charge is 0.390 e. The molecular formula is C23H24N4O4. The van der Waals surface area contributed by atoms with E-state index in [0.29, 0.717) is 17.7 Å². The average molecular weight is 420 g/mol. The van der Waals surface area contributed by atoms with Gasteiger partial charge in [-0.05, 0) is 37.1 Å². The van der Waals surface area contributed by atoms with Crippen LogP contribution in [0.15, 0.2) is 53.3 Å². The van der Waals surface area contributed by atoms with Crippen LogP contribution in [0.3, 0.4) is 0 Å². The number of imide groups is 1. The number of piperidine rings is 1. The average Bonchev–Trinajstić information content (AvgIpc) is 3.23. The van der Waals surface area contributed by atoms with Crippen LogP contribution < -0.4 is 5.69 Å². The molecule has 31 heavy (non-hydrogen) atoms. The molecule has 0 spiro atoms. The summed E-state index contributed by atoms with van der Waals surface area (Å²) in [7, 11) is 0. The van der Waals surface area contributed by atoms with Crippen LogP contribution in [0, 0.1) is 0 Å². The second kappa shape index (κ2) is 7.79. The Balaban J connectivity index is 1.19. The fourth-order valence-electron chi connectivity index (χ4n) is 4.77. The van der Waals surface area contributed by atoms with Gasteiger partial charge in [-0.1, -0.05) is 24.3 Å². The van der Waals surface area contributed by atoms with Gasteiger partial charge in [0.2, 0.25) is 0 Å². The van der Waals surface area contributed by atoms with Gasteiger partial charge in [-0.3, -0.25) is 19.1 Å². The lowest BCUT2D eigenvalue weighted by Gasteiger charge is -2.34. The van der Waals surface area contributed by atoms with Gasteiger partial charge in [0.15, 0.2) is 0 Å². The fourth-order valence-corrected chi connectivity index (χ4v) is 4.77. The molecule has 2 amide bonds. The highest BCUT2D eigenvalue weighted by Gasteiger charge is 2.36. The number of amides is 2. The van der Waals surface area contributed by atoms with Crippen LogP contribution in [-0.4, -0.2) is 68.6 Å². The van der Waals surface area contributed by atoms with Gasteiger partial charge in [-0.2, -0.15) is 0 Å². The molecule has 1 saturated heterocycles. The van der Waals surface area contributed by atoms with Crippen LogP contribution in [0.1, 0.15) is 39.6 Å². The van der Waals surface area contributed by atoms with Crippen molar-refractivity contribution in [3.8, 4) is 0 Å². The summed E-state index contributed by atoms with van der Waals surface area (Å²) in [6, 6.07) is 14.5. The standard InChI is InChI=1S/C23H24N4O4/c28-16(14-26-21(29)17-5-1-2-6-18(17)22(26)30)13-25-11-9-15(10-12-25)27-20-8-4-3-7-19(20)24-23(27)31/h1-8,15-16,28H,9-14H2,(H,24,31). The second-order valence-electron chi connectivity index (χ2n) is 8.27. The molecule has 2 N–H and O–H groups in total. The maximum Gasteiger partial charge on any atom is 0.326 e. The number of carbonyl (C=O) groups is 2. The molecule has 8 heteroatoms. The number of β-amino-alcohol motifs (C(OH)–C–C–N with tert-alkyl or cyclic N) is 1. The van der Waals surface area contributed by atoms with Gasteiger partial charge in [0.05, 0.1) is 34.8 Å². The van der Waals surface area contributed by atoms with Gasteiger partial charge in [0.1, 0.15) is 0 Å². The van der Waals surface area contributed by atoms with Crippen molar-refractivity contribution in [1.82, 2.24) is 19.4 Å². The Morgan fingerprint density at radius 2 is 1.52 bits per heavy atom. The topological polar surface area (TPSA) is 98.6 Å². The first-order chi connectivity index (χ1) is 15.0. The lowest BCUT2D eigenvalue weighted by Crippen LogP contribution is -2.45. The summed E-state index contributed by atoms with van der Waals surface area (Å²) < 4.78 is 1.84. The minimum atomic E-state index is -0.824. The van der Waals surface area contributed by atoms with E-state index < -0.39 is 6.10 Å². The minimum Gasteiger partial charge on any atom is -0.390 e. The highest BCUT2D eigenvalue weighted by Crippen LogP contribution is 2.26. The normalized spacial score (nSPS) is 18.7. The number of hydrogen-bond acceptors (Lipinski definition) is 5. The molecule has 2 aliphatic rings. The first kappa shape index (κ1) is 19.7. The number of imidazole rings is 1. The van der Waals surface area contributed by atoms with Crippen LogP contribution in [-0.2, 0) is 0 Å². The summed E-state index contributed by atoms with van der Waals surface area (Å²) in [6.07, 6.45) is 0.762. The number of benzene rings is 2. The van der Waals surface area contributed by atoms with Crippen LogP contribution in [0.5, 0.6) is 0 Å². The van der Waals surface area contributed by atoms with Crippen LogP contribution >= 0.6 is 0 Å². The molecule has 5 rings (SSSR count). The highest BCUT2D eigenvalue weighted by molar-refractivity contribution is 6.21. The number of rotatable bonds is 5. The minimum absolute atomic E-state index is 0.0197. The van der Waals surface area contributed by atoms with Crippen molar-refractivity contribution in [1.29, 1.82) is 0 Å². The van der Waals surface area contributed by atoms with E-state index in [1.54, 1.807) is 24.3 Å². The summed E-state index contributed by atoms with van der Waals surface area (Å²) in [4.78, 5) is 43.6. The number of aromatic amines is 1. The maximum atomic E-state index is 12.5. The van der Waals surface area contributed by atoms with Crippen LogP contribution in [0.4, 0.5) is 0 Å². The Labute approximate surface area is 178 Å². The predicted molar refractivity (Wildman–Crippen MR) is 115 cm³/mol. The zero-order valence-electron chi connectivity index (χ0n) is 17.0. The fraction of sp³-hybridized carbons (Fsp3) is 0.348. The van der Waals surface area contributed by atoms with Crippen LogP contribution in [0.25, 0.3) is 11.0 Å². The molecule has 0 saturated carbocycles. The van der Waals surface area contributed by atoms with Crippen molar-refractivity contribution >= 4 is 22.8 Å². The van der Waals surface area contributed by atoms with E-state index in [4.69, 9.17) is 0 Å². The van der Waals surface area contributed by atoms with Gasteiger partial charge < -0.3 is 15.0 Å². The molecule has 2 aromatic carbocycles. The lowest BCUT2D eigenvalue weighted by atomic mass is 10.0. The molecule has 160 valence electrons. The Hall–Kier alpha value is -3.23. The number of hydrogen-bond donors (Lipinski definition) is 2. The lowest BCUT2D eigenvalue weighted by molar-refractivity contribution is 0.0438. The summed E-state index contributed by atoms with van der Waals surface area (Å²) >= 11 is 0. The molecular weight excluding hydrogens is 396 g/mol. The quantitative estimate of drug-likeness (QED) is 0.612. The van der Waals surface area contributed by atoms with Gasteiger partial charge in [-0.15, -0.1) is 0 Å². The molecule has 1 fully saturated rings. The van der Waals surface area contributed by atoms with Crippen molar-refractivity contribution in [2.24, 2.45) is 0 Å². The number of nitrogens with zero attached hydrogens (tertiary/aromatic N) is 3. The Bertz CT molecular complexity index is 1170. The molecule has 1 unspecified atom stereocenters. The second-order valence-corrected chi connectivity index (χ2v) is 8.27. The number of carbonyl (C=O) groups excluding carboxylic acids is 2. The summed E-state index contributed by atoms with van der Waals surface area (Å²) in [5.74, 6) is -0.700. The highest BCUT2D eigenvalue weighted by atomic mass is 16.3. The van der Waals surface area contributed by atoms with Crippen molar-refractivity contribution in [3.05, 3.63) is 70.1 Å². The Morgan fingerprint density at radius 3 is 2.19 bits per heavy atom. The van der Waals surface area contributed by atoms with Crippen molar-refractivity contribution in [2.45, 2.75) is 25.0 Å². The van der Waals surface area contributed by atoms with Crippen molar-refractivity contribution in [2.75, 3.05) is 26.2 Å². The van der Waals surface area contributed by atoms with E-state index in [-0.39, 0.29) is 30.1 Å². The van der Waals surface area contributed by atoms with Crippen molar-refractivity contribution in [3.63, 3.8) is 0 Å². The summed E-state index contributed by atoms with van der Waals surface area (Å²) in [5, 5.41) is 10.6. The third kappa shape index (κ3) is 3.47. The van der Waals surface area contributed by atoms with E-state index in [0.717, 1.165) is 41.9 Å². The van der Waals surface area contributed by atoms with Crippen molar-refractivity contribution < 1.29 is 14.7 Å². The third-order valence-electron chi connectivity index (χ3n) is 6.29. The smallest absolute Gasteiger partial charge is 0.326 e. The summed E-state index contributed by atoms with van der Waals surface area (Å²) in [5.41, 5.74) is 2.45. The van der Waals surface area contributed by atoms with E-state index >= 15 is 0 Å². The number of fused-ring (bicyclic) bond motifs is 2. The van der Waals surface area contributed by atoms with E-state index in [2.05, 4.69) is 9.88 Å². The molecule has 0 aliphatic carbocycles. The zero-order valence-corrected chi connectivity index (χ0v) is 17.0. The number of nitrogens with one attached hydrogen (secondary N) is 1. The molecule has 0 bridgehead atoms. The van der Waals surface area contributed by atoms with E-state index in [1.807, 2.05) is 28.8 Å². The Morgan fingerprint density at radius 1 is 0.903 bits per heavy atom. The SMILES string of the molecule is O=C1c2ccccc2C(=O)N1CC(O)CN1CCC(n2c(=O)[nH]c3ccccc32)CC1. The van der Waals surface area contributed by atoms with Gasteiger partial charge >= 0.3 is 5.69 Å². The summed E-state index contributed by atoms with van der Waals surface area (Å²) in [6.45, 7) is 1.82. The maximum absolute atomic E-state index is 12.5. The number of H-pyrrole nitrogens is 1. The zero-order chi connectivity index (χ0) is 21.5. The van der Waals surface area contributed by atoms with E-state index in [1.165, 1.54) is 0 Å². The van der Waals surface area contributed by atoms with Gasteiger partial charge in [0.25, 0.3) is 11.8 Å². The number of likely N-dealkylation sites (tertiary alicyclic amines) is 1. The molecule has 1 atom stereocenters. The number of aliphatic hydroxyl groups excluding tert-OH is 1. The van der Waals surface area contributed by atoms with Crippen LogP contribution in [0.2, 0.25) is 0 Å². The molecule has 0 radical (unpaired) electrons. The van der Waals surface area contributed by atoms with E-state index in [9.17, 15) is 19.5 Å². The molecule has 3 heterocycles. The number of aliphatic hydroxyl groups is 1. The molecule has 1 aromatic heterocycles. The molecule has 3 aromatic rings.